The average molecular weight is 212 g/mol. The van der Waals surface area contributed by atoms with Crippen LogP contribution in [0, 0.1) is 0 Å². The van der Waals surface area contributed by atoms with Crippen LogP contribution in [-0.2, 0) is 9.47 Å². The second kappa shape index (κ2) is 10.5. The summed E-state index contributed by atoms with van der Waals surface area (Å²) < 4.78 is 8.93. The molecule has 0 bridgehead atoms. The molecule has 0 saturated heterocycles. The topological polar surface area (TPSA) is 55.8 Å². The van der Waals surface area contributed by atoms with Crippen molar-refractivity contribution >= 4 is 6.16 Å². The van der Waals surface area contributed by atoms with Crippen molar-refractivity contribution in [2.24, 2.45) is 0 Å². The molecule has 84 valence electrons. The summed E-state index contributed by atoms with van der Waals surface area (Å²) in [7, 11) is 0. The van der Waals surface area contributed by atoms with Gasteiger partial charge >= 0.3 is 6.16 Å². The van der Waals surface area contributed by atoms with Crippen LogP contribution in [0.3, 0.4) is 0 Å². The van der Waals surface area contributed by atoms with E-state index >= 15 is 0 Å². The van der Waals surface area contributed by atoms with E-state index in [-0.39, 0.29) is 6.61 Å². The van der Waals surface area contributed by atoms with E-state index in [4.69, 9.17) is 9.84 Å². The van der Waals surface area contributed by atoms with Crippen LogP contribution in [0.2, 0.25) is 0 Å². The minimum absolute atomic E-state index is 0.114. The molecule has 0 unspecified atom stereocenters. The molecule has 1 N–H and O–H groups in total. The van der Waals surface area contributed by atoms with Crippen molar-refractivity contribution in [2.75, 3.05) is 19.8 Å². The first-order valence-electron chi connectivity index (χ1n) is 4.70. The quantitative estimate of drug-likeness (QED) is 0.615. The number of rotatable bonds is 4. The molecular formula is C11H16O4. The van der Waals surface area contributed by atoms with E-state index < -0.39 is 6.16 Å². The molecule has 0 aromatic heterocycles. The van der Waals surface area contributed by atoms with Gasteiger partial charge in [0.1, 0.15) is 6.61 Å². The van der Waals surface area contributed by atoms with Crippen LogP contribution in [-0.4, -0.2) is 31.1 Å². The van der Waals surface area contributed by atoms with Gasteiger partial charge in [-0.3, -0.25) is 0 Å². The maximum Gasteiger partial charge on any atom is 0.505 e. The van der Waals surface area contributed by atoms with Gasteiger partial charge in [-0.15, -0.1) is 0 Å². The maximum absolute atomic E-state index is 9.68. The Morgan fingerprint density at radius 3 is 1.87 bits per heavy atom. The summed E-state index contributed by atoms with van der Waals surface area (Å²) >= 11 is 0. The average Bonchev–Trinajstić information content (AvgIpc) is 2.28. The Kier molecular flexibility index (Phi) is 9.44. The lowest BCUT2D eigenvalue weighted by atomic mass is 10.4. The standard InChI is InChI=1S/C6H6.C5H10O4/c1-2-4-6-5-3-1;1-2-8-3-4-9-5(6)7/h1-6H;2-4H2,1H3,(H,6,7). The van der Waals surface area contributed by atoms with Gasteiger partial charge in [0.2, 0.25) is 0 Å². The fraction of sp³-hybridized carbons (Fsp3) is 0.364. The molecule has 0 heterocycles. The summed E-state index contributed by atoms with van der Waals surface area (Å²) in [4.78, 5) is 9.68. The second-order valence-electron chi connectivity index (χ2n) is 2.47. The Morgan fingerprint density at radius 1 is 1.07 bits per heavy atom. The van der Waals surface area contributed by atoms with E-state index in [1.165, 1.54) is 0 Å². The van der Waals surface area contributed by atoms with E-state index in [0.717, 1.165) is 0 Å². The normalized spacial score (nSPS) is 8.60. The van der Waals surface area contributed by atoms with Crippen molar-refractivity contribution in [1.29, 1.82) is 0 Å². The van der Waals surface area contributed by atoms with Crippen LogP contribution in [0.25, 0.3) is 0 Å². The van der Waals surface area contributed by atoms with Gasteiger partial charge in [0.15, 0.2) is 0 Å². The number of ether oxygens (including phenoxy) is 2. The van der Waals surface area contributed by atoms with E-state index in [1.807, 2.05) is 43.3 Å². The van der Waals surface area contributed by atoms with Crippen molar-refractivity contribution in [3.63, 3.8) is 0 Å². The molecule has 4 heteroatoms. The fourth-order valence-corrected chi connectivity index (χ4v) is 0.717. The summed E-state index contributed by atoms with van der Waals surface area (Å²) in [5, 5.41) is 7.94. The third-order valence-corrected chi connectivity index (χ3v) is 1.32. The first-order chi connectivity index (χ1) is 7.27. The van der Waals surface area contributed by atoms with E-state index in [9.17, 15) is 4.79 Å². The monoisotopic (exact) mass is 212 g/mol. The van der Waals surface area contributed by atoms with Gasteiger partial charge in [-0.1, -0.05) is 36.4 Å². The molecule has 1 aromatic rings. The SMILES string of the molecule is CCOCCOC(=O)O.c1ccccc1. The molecule has 4 nitrogen and oxygen atoms in total. The second-order valence-corrected chi connectivity index (χ2v) is 2.47. The minimum atomic E-state index is -1.25. The van der Waals surface area contributed by atoms with Crippen molar-refractivity contribution < 1.29 is 19.4 Å². The molecule has 0 spiro atoms. The van der Waals surface area contributed by atoms with Crippen molar-refractivity contribution in [3.05, 3.63) is 36.4 Å². The van der Waals surface area contributed by atoms with Crippen LogP contribution in [0.5, 0.6) is 0 Å². The van der Waals surface area contributed by atoms with Crippen molar-refractivity contribution in [3.8, 4) is 0 Å². The number of hydrogen-bond donors (Lipinski definition) is 1. The Balaban J connectivity index is 0.000000280. The van der Waals surface area contributed by atoms with Crippen LogP contribution in [0.4, 0.5) is 4.79 Å². The van der Waals surface area contributed by atoms with Crippen LogP contribution in [0.1, 0.15) is 6.92 Å². The number of carbonyl (C=O) groups is 1. The highest BCUT2D eigenvalue weighted by Gasteiger charge is 1.92. The predicted molar refractivity (Wildman–Crippen MR) is 56.9 cm³/mol. The largest absolute Gasteiger partial charge is 0.505 e. The van der Waals surface area contributed by atoms with Crippen molar-refractivity contribution in [1.82, 2.24) is 0 Å². The van der Waals surface area contributed by atoms with Gasteiger partial charge < -0.3 is 14.6 Å². The summed E-state index contributed by atoms with van der Waals surface area (Å²) in [5.41, 5.74) is 0. The van der Waals surface area contributed by atoms with Gasteiger partial charge in [-0.05, 0) is 6.92 Å². The van der Waals surface area contributed by atoms with Gasteiger partial charge in [0.05, 0.1) is 6.61 Å². The maximum atomic E-state index is 9.68. The van der Waals surface area contributed by atoms with Gasteiger partial charge in [0.25, 0.3) is 0 Å². The van der Waals surface area contributed by atoms with Gasteiger partial charge in [0, 0.05) is 6.61 Å². The highest BCUT2D eigenvalue weighted by Crippen LogP contribution is 1.80. The number of benzene rings is 1. The molecule has 0 aliphatic heterocycles. The first kappa shape index (κ1) is 13.4. The Morgan fingerprint density at radius 2 is 1.53 bits per heavy atom. The molecule has 0 aliphatic rings. The number of hydrogen-bond acceptors (Lipinski definition) is 3. The van der Waals surface area contributed by atoms with Gasteiger partial charge in [-0.25, -0.2) is 4.79 Å². The Hall–Kier alpha value is -1.55. The first-order valence-corrected chi connectivity index (χ1v) is 4.70. The van der Waals surface area contributed by atoms with Crippen LogP contribution >= 0.6 is 0 Å². The summed E-state index contributed by atoms with van der Waals surface area (Å²) in [6, 6.07) is 12.0. The Labute approximate surface area is 89.4 Å². The molecule has 0 aliphatic carbocycles. The molecule has 0 amide bonds. The van der Waals surface area contributed by atoms with Crippen LogP contribution in [0.15, 0.2) is 36.4 Å². The third kappa shape index (κ3) is 12.4. The summed E-state index contributed by atoms with van der Waals surface area (Å²) in [6.45, 7) is 2.87. The zero-order valence-corrected chi connectivity index (χ0v) is 8.76. The highest BCUT2D eigenvalue weighted by molar-refractivity contribution is 5.56. The highest BCUT2D eigenvalue weighted by atomic mass is 16.7. The zero-order chi connectivity index (χ0) is 11.4. The summed E-state index contributed by atoms with van der Waals surface area (Å²) in [5.74, 6) is 0. The lowest BCUT2D eigenvalue weighted by molar-refractivity contribution is 0.0515. The van der Waals surface area contributed by atoms with E-state index in [2.05, 4.69) is 4.74 Å². The third-order valence-electron chi connectivity index (χ3n) is 1.32. The van der Waals surface area contributed by atoms with E-state index in [0.29, 0.717) is 13.2 Å². The predicted octanol–water partition coefficient (Wildman–Crippen LogP) is 2.40. The minimum Gasteiger partial charge on any atom is -0.450 e. The Bertz CT molecular complexity index is 209. The molecule has 1 aromatic carbocycles. The molecule has 0 atom stereocenters. The molecule has 1 rings (SSSR count). The number of carboxylic acid groups (broad SMARTS) is 1. The smallest absolute Gasteiger partial charge is 0.450 e. The van der Waals surface area contributed by atoms with Crippen LogP contribution < -0.4 is 0 Å². The lowest BCUT2D eigenvalue weighted by Gasteiger charge is -1.98. The van der Waals surface area contributed by atoms with Gasteiger partial charge in [-0.2, -0.15) is 0 Å². The zero-order valence-electron chi connectivity index (χ0n) is 8.76. The fourth-order valence-electron chi connectivity index (χ4n) is 0.717. The summed E-state index contributed by atoms with van der Waals surface area (Å²) in [6.07, 6.45) is -1.25. The van der Waals surface area contributed by atoms with Crippen molar-refractivity contribution in [2.45, 2.75) is 6.92 Å². The molecule has 0 fully saturated rings. The van der Waals surface area contributed by atoms with E-state index in [1.54, 1.807) is 0 Å². The lowest BCUT2D eigenvalue weighted by Crippen LogP contribution is -2.07. The molecular weight excluding hydrogens is 196 g/mol. The molecule has 0 radical (unpaired) electrons. The molecule has 15 heavy (non-hydrogen) atoms. The molecule has 0 saturated carbocycles.